The molecular weight excluding hydrogens is 262 g/mol. The molecular formula is C14H26ClN3O. The van der Waals surface area contributed by atoms with Crippen molar-refractivity contribution in [3.05, 3.63) is 16.9 Å². The van der Waals surface area contributed by atoms with E-state index in [0.717, 1.165) is 31.7 Å². The predicted molar refractivity (Wildman–Crippen MR) is 79.8 cm³/mol. The van der Waals surface area contributed by atoms with E-state index in [9.17, 15) is 0 Å². The summed E-state index contributed by atoms with van der Waals surface area (Å²) < 4.78 is 7.67. The Balaban J connectivity index is 2.85. The van der Waals surface area contributed by atoms with Gasteiger partial charge in [-0.3, -0.25) is 4.68 Å². The highest BCUT2D eigenvalue weighted by atomic mass is 35.5. The lowest BCUT2D eigenvalue weighted by molar-refractivity contribution is 0.109. The second kappa shape index (κ2) is 8.56. The molecule has 0 saturated heterocycles. The summed E-state index contributed by atoms with van der Waals surface area (Å²) in [4.78, 5) is 0. The zero-order chi connectivity index (χ0) is 14.3. The van der Waals surface area contributed by atoms with Crippen LogP contribution in [-0.4, -0.2) is 29.5 Å². The van der Waals surface area contributed by atoms with Crippen LogP contribution in [0.2, 0.25) is 5.02 Å². The number of nitrogens with one attached hydrogen (secondary N) is 1. The fourth-order valence-corrected chi connectivity index (χ4v) is 2.25. The molecule has 0 saturated carbocycles. The van der Waals surface area contributed by atoms with Crippen molar-refractivity contribution in [2.24, 2.45) is 0 Å². The summed E-state index contributed by atoms with van der Waals surface area (Å²) in [5, 5.41) is 8.57. The van der Waals surface area contributed by atoms with Crippen LogP contribution in [-0.2, 0) is 4.74 Å². The van der Waals surface area contributed by atoms with Gasteiger partial charge in [0.15, 0.2) is 0 Å². The summed E-state index contributed by atoms with van der Waals surface area (Å²) in [6.07, 6.45) is 3.83. The van der Waals surface area contributed by atoms with E-state index in [2.05, 4.69) is 38.1 Å². The maximum atomic E-state index is 6.30. The van der Waals surface area contributed by atoms with Gasteiger partial charge >= 0.3 is 0 Å². The van der Waals surface area contributed by atoms with Crippen molar-refractivity contribution in [2.75, 3.05) is 19.8 Å². The van der Waals surface area contributed by atoms with Gasteiger partial charge in [-0.25, -0.2) is 0 Å². The molecule has 4 nitrogen and oxygen atoms in total. The SMILES string of the molecule is CCCNC(COCCC)c1c(Cl)cnn1C(C)C. The van der Waals surface area contributed by atoms with E-state index in [1.54, 1.807) is 6.20 Å². The van der Waals surface area contributed by atoms with E-state index in [1.807, 2.05) is 4.68 Å². The van der Waals surface area contributed by atoms with E-state index >= 15 is 0 Å². The molecule has 1 heterocycles. The lowest BCUT2D eigenvalue weighted by Gasteiger charge is -2.22. The highest BCUT2D eigenvalue weighted by Crippen LogP contribution is 2.25. The number of hydrogen-bond donors (Lipinski definition) is 1. The number of rotatable bonds is 9. The Morgan fingerprint density at radius 2 is 2.11 bits per heavy atom. The molecule has 110 valence electrons. The number of aromatic nitrogens is 2. The van der Waals surface area contributed by atoms with Gasteiger partial charge in [0.1, 0.15) is 0 Å². The first kappa shape index (κ1) is 16.5. The van der Waals surface area contributed by atoms with Gasteiger partial charge in [0, 0.05) is 12.6 Å². The molecule has 0 aliphatic heterocycles. The van der Waals surface area contributed by atoms with Crippen molar-refractivity contribution < 1.29 is 4.74 Å². The molecule has 0 bridgehead atoms. The van der Waals surface area contributed by atoms with Gasteiger partial charge in [-0.15, -0.1) is 0 Å². The highest BCUT2D eigenvalue weighted by Gasteiger charge is 2.21. The average molecular weight is 288 g/mol. The third-order valence-corrected chi connectivity index (χ3v) is 3.17. The van der Waals surface area contributed by atoms with Gasteiger partial charge in [-0.1, -0.05) is 25.4 Å². The Bertz CT molecular complexity index is 366. The van der Waals surface area contributed by atoms with E-state index in [4.69, 9.17) is 16.3 Å². The summed E-state index contributed by atoms with van der Waals surface area (Å²) in [5.74, 6) is 0. The van der Waals surface area contributed by atoms with Crippen LogP contribution in [0.15, 0.2) is 6.20 Å². The molecule has 1 atom stereocenters. The minimum absolute atomic E-state index is 0.101. The lowest BCUT2D eigenvalue weighted by atomic mass is 10.2. The van der Waals surface area contributed by atoms with Crippen LogP contribution in [0.4, 0.5) is 0 Å². The van der Waals surface area contributed by atoms with Crippen molar-refractivity contribution in [3.63, 3.8) is 0 Å². The second-order valence-electron chi connectivity index (χ2n) is 5.00. The Morgan fingerprint density at radius 1 is 1.37 bits per heavy atom. The molecule has 1 aromatic rings. The van der Waals surface area contributed by atoms with Gasteiger partial charge in [0.05, 0.1) is 29.6 Å². The number of ether oxygens (including phenoxy) is 1. The summed E-state index contributed by atoms with van der Waals surface area (Å²) >= 11 is 6.30. The van der Waals surface area contributed by atoms with Crippen LogP contribution in [0.5, 0.6) is 0 Å². The summed E-state index contributed by atoms with van der Waals surface area (Å²) in [6, 6.07) is 0.392. The van der Waals surface area contributed by atoms with E-state index in [1.165, 1.54) is 0 Å². The Morgan fingerprint density at radius 3 is 2.68 bits per heavy atom. The predicted octanol–water partition coefficient (Wildman–Crippen LogP) is 3.58. The molecule has 1 N–H and O–H groups in total. The van der Waals surface area contributed by atoms with Gasteiger partial charge in [-0.05, 0) is 33.2 Å². The number of halogens is 1. The Labute approximate surface area is 121 Å². The lowest BCUT2D eigenvalue weighted by Crippen LogP contribution is -2.29. The smallest absolute Gasteiger partial charge is 0.0835 e. The highest BCUT2D eigenvalue weighted by molar-refractivity contribution is 6.31. The van der Waals surface area contributed by atoms with Crippen LogP contribution in [0.25, 0.3) is 0 Å². The average Bonchev–Trinajstić information content (AvgIpc) is 2.76. The molecule has 0 aliphatic carbocycles. The van der Waals surface area contributed by atoms with Crippen molar-refractivity contribution in [3.8, 4) is 0 Å². The zero-order valence-electron chi connectivity index (χ0n) is 12.4. The van der Waals surface area contributed by atoms with Crippen LogP contribution in [0, 0.1) is 0 Å². The molecule has 0 aromatic carbocycles. The van der Waals surface area contributed by atoms with E-state index in [-0.39, 0.29) is 6.04 Å². The van der Waals surface area contributed by atoms with Crippen LogP contribution >= 0.6 is 11.6 Å². The van der Waals surface area contributed by atoms with Crippen molar-refractivity contribution in [1.29, 1.82) is 0 Å². The fraction of sp³-hybridized carbons (Fsp3) is 0.786. The third-order valence-electron chi connectivity index (χ3n) is 2.88. The molecule has 0 spiro atoms. The van der Waals surface area contributed by atoms with Gasteiger partial charge in [0.25, 0.3) is 0 Å². The first-order valence-electron chi connectivity index (χ1n) is 7.15. The molecule has 1 unspecified atom stereocenters. The van der Waals surface area contributed by atoms with Crippen LogP contribution in [0.1, 0.15) is 58.3 Å². The molecule has 1 aromatic heterocycles. The van der Waals surface area contributed by atoms with Crippen molar-refractivity contribution in [2.45, 2.75) is 52.6 Å². The minimum atomic E-state index is 0.101. The molecule has 0 fully saturated rings. The van der Waals surface area contributed by atoms with Gasteiger partial charge in [0.2, 0.25) is 0 Å². The third kappa shape index (κ3) is 4.79. The first-order valence-corrected chi connectivity index (χ1v) is 7.53. The van der Waals surface area contributed by atoms with Gasteiger partial charge < -0.3 is 10.1 Å². The Kier molecular flexibility index (Phi) is 7.42. The quantitative estimate of drug-likeness (QED) is 0.706. The van der Waals surface area contributed by atoms with Crippen LogP contribution in [0.3, 0.4) is 0 Å². The summed E-state index contributed by atoms with van der Waals surface area (Å²) in [5.41, 5.74) is 1.03. The molecule has 1 rings (SSSR count). The number of hydrogen-bond acceptors (Lipinski definition) is 3. The summed E-state index contributed by atoms with van der Waals surface area (Å²) in [7, 11) is 0. The monoisotopic (exact) mass is 287 g/mol. The van der Waals surface area contributed by atoms with Crippen LogP contribution < -0.4 is 5.32 Å². The first-order chi connectivity index (χ1) is 9.11. The molecule has 0 aliphatic rings. The van der Waals surface area contributed by atoms with Gasteiger partial charge in [-0.2, -0.15) is 5.10 Å². The summed E-state index contributed by atoms with van der Waals surface area (Å²) in [6.45, 7) is 10.8. The fourth-order valence-electron chi connectivity index (χ4n) is 1.99. The number of nitrogens with zero attached hydrogens (tertiary/aromatic N) is 2. The van der Waals surface area contributed by atoms with E-state index in [0.29, 0.717) is 17.7 Å². The van der Waals surface area contributed by atoms with Crippen molar-refractivity contribution >= 4 is 11.6 Å². The molecule has 19 heavy (non-hydrogen) atoms. The maximum Gasteiger partial charge on any atom is 0.0835 e. The second-order valence-corrected chi connectivity index (χ2v) is 5.40. The molecule has 5 heteroatoms. The zero-order valence-corrected chi connectivity index (χ0v) is 13.2. The normalized spacial score (nSPS) is 13.2. The standard InChI is InChI=1S/C14H26ClN3O/c1-5-7-16-13(10-19-8-6-2)14-12(15)9-17-18(14)11(3)4/h9,11,13,16H,5-8,10H2,1-4H3. The largest absolute Gasteiger partial charge is 0.379 e. The van der Waals surface area contributed by atoms with Crippen molar-refractivity contribution in [1.82, 2.24) is 15.1 Å². The molecule has 0 radical (unpaired) electrons. The Hall–Kier alpha value is -0.580. The topological polar surface area (TPSA) is 39.1 Å². The molecule has 0 amide bonds. The maximum absolute atomic E-state index is 6.30. The van der Waals surface area contributed by atoms with E-state index < -0.39 is 0 Å². The minimum Gasteiger partial charge on any atom is -0.379 e.